The first-order chi connectivity index (χ1) is 6.44. The van der Waals surface area contributed by atoms with Gasteiger partial charge in [0, 0.05) is 21.3 Å². The molecule has 0 amide bonds. The van der Waals surface area contributed by atoms with Crippen LogP contribution < -0.4 is 5.73 Å². The van der Waals surface area contributed by atoms with Gasteiger partial charge in [-0.15, -0.1) is 0 Å². The average molecular weight is 223 g/mol. The quantitative estimate of drug-likeness (QED) is 0.595. The van der Waals surface area contributed by atoms with Gasteiger partial charge in [-0.05, 0) is 6.42 Å². The van der Waals surface area contributed by atoms with Crippen LogP contribution in [0.15, 0.2) is 0 Å². The molecule has 6 nitrogen and oxygen atoms in total. The van der Waals surface area contributed by atoms with Crippen molar-refractivity contribution in [3.05, 3.63) is 0 Å². The SMILES string of the molecule is CCC(N)(C(=O)O)[Si](OC)(OC)OC. The molecule has 3 N–H and O–H groups in total. The van der Waals surface area contributed by atoms with E-state index in [0.29, 0.717) is 0 Å². The molecule has 0 bridgehead atoms. The van der Waals surface area contributed by atoms with Crippen molar-refractivity contribution < 1.29 is 23.2 Å². The maximum Gasteiger partial charge on any atom is 0.533 e. The summed E-state index contributed by atoms with van der Waals surface area (Å²) in [7, 11) is 0.642. The zero-order valence-corrected chi connectivity index (χ0v) is 9.86. The van der Waals surface area contributed by atoms with Gasteiger partial charge >= 0.3 is 14.8 Å². The van der Waals surface area contributed by atoms with Crippen molar-refractivity contribution in [2.75, 3.05) is 21.3 Å². The van der Waals surface area contributed by atoms with Gasteiger partial charge in [0.1, 0.15) is 0 Å². The van der Waals surface area contributed by atoms with Gasteiger partial charge < -0.3 is 24.1 Å². The lowest BCUT2D eigenvalue weighted by Gasteiger charge is -2.36. The fourth-order valence-corrected chi connectivity index (χ4v) is 3.58. The van der Waals surface area contributed by atoms with E-state index in [1.54, 1.807) is 6.92 Å². The molecule has 0 spiro atoms. The molecule has 0 aliphatic rings. The van der Waals surface area contributed by atoms with Crippen LogP contribution in [-0.4, -0.2) is 46.4 Å². The summed E-state index contributed by atoms with van der Waals surface area (Å²) >= 11 is 0. The Balaban J connectivity index is 5.22. The zero-order chi connectivity index (χ0) is 11.4. The highest BCUT2D eigenvalue weighted by molar-refractivity contribution is 6.68. The molecule has 7 heteroatoms. The number of aliphatic carboxylic acids is 1. The fraction of sp³-hybridized carbons (Fsp3) is 0.857. The molecule has 0 aromatic rings. The van der Waals surface area contributed by atoms with Crippen LogP contribution in [0, 0.1) is 0 Å². The summed E-state index contributed by atoms with van der Waals surface area (Å²) in [6, 6.07) is 0. The van der Waals surface area contributed by atoms with E-state index in [2.05, 4.69) is 0 Å². The Morgan fingerprint density at radius 1 is 1.36 bits per heavy atom. The summed E-state index contributed by atoms with van der Waals surface area (Å²) < 4.78 is 15.1. The lowest BCUT2D eigenvalue weighted by atomic mass is 10.2. The van der Waals surface area contributed by atoms with E-state index in [9.17, 15) is 4.79 Å². The lowest BCUT2D eigenvalue weighted by molar-refractivity contribution is -0.142. The first-order valence-electron chi connectivity index (χ1n) is 4.11. The summed E-state index contributed by atoms with van der Waals surface area (Å²) in [6.45, 7) is 1.65. The summed E-state index contributed by atoms with van der Waals surface area (Å²) in [5, 5.41) is 7.43. The highest BCUT2D eigenvalue weighted by atomic mass is 28.4. The predicted molar refractivity (Wildman–Crippen MR) is 51.6 cm³/mol. The van der Waals surface area contributed by atoms with Gasteiger partial charge in [0.25, 0.3) is 0 Å². The van der Waals surface area contributed by atoms with E-state index in [1.165, 1.54) is 21.3 Å². The van der Waals surface area contributed by atoms with E-state index in [1.807, 2.05) is 0 Å². The van der Waals surface area contributed by atoms with E-state index in [4.69, 9.17) is 24.1 Å². The number of hydrogen-bond donors (Lipinski definition) is 2. The number of nitrogens with two attached hydrogens (primary N) is 1. The fourth-order valence-electron chi connectivity index (χ4n) is 1.30. The number of rotatable bonds is 6. The summed E-state index contributed by atoms with van der Waals surface area (Å²) in [5.74, 6) is -1.18. The minimum atomic E-state index is -3.36. The monoisotopic (exact) mass is 223 g/mol. The van der Waals surface area contributed by atoms with Crippen molar-refractivity contribution in [2.24, 2.45) is 5.73 Å². The molecule has 0 saturated heterocycles. The second-order valence-electron chi connectivity index (χ2n) is 2.80. The van der Waals surface area contributed by atoms with Crippen molar-refractivity contribution in [1.82, 2.24) is 0 Å². The van der Waals surface area contributed by atoms with Gasteiger partial charge in [0.2, 0.25) is 0 Å². The van der Waals surface area contributed by atoms with Crippen LogP contribution in [0.25, 0.3) is 0 Å². The lowest BCUT2D eigenvalue weighted by Crippen LogP contribution is -2.72. The molecule has 1 unspecified atom stereocenters. The Morgan fingerprint density at radius 2 is 1.71 bits per heavy atom. The molecule has 0 heterocycles. The van der Waals surface area contributed by atoms with Crippen LogP contribution in [0.4, 0.5) is 0 Å². The van der Waals surface area contributed by atoms with Crippen LogP contribution in [0.5, 0.6) is 0 Å². The molecular formula is C7H17NO5Si. The average Bonchev–Trinajstić information content (AvgIpc) is 2.20. The third kappa shape index (κ3) is 1.82. The number of hydrogen-bond acceptors (Lipinski definition) is 5. The Morgan fingerprint density at radius 3 is 1.79 bits per heavy atom. The second kappa shape index (κ2) is 4.85. The van der Waals surface area contributed by atoms with Crippen molar-refractivity contribution in [3.8, 4) is 0 Å². The molecule has 0 aliphatic carbocycles. The molecule has 0 rings (SSSR count). The highest BCUT2D eigenvalue weighted by Gasteiger charge is 2.62. The standard InChI is InChI=1S/C7H17NO5Si/c1-5-7(8,6(9)10)14(11-2,12-3)13-4/h5,8H2,1-4H3,(H,9,10). The Bertz CT molecular complexity index is 200. The molecule has 0 aliphatic heterocycles. The molecular weight excluding hydrogens is 206 g/mol. The van der Waals surface area contributed by atoms with E-state index < -0.39 is 19.9 Å². The van der Waals surface area contributed by atoms with Crippen LogP contribution >= 0.6 is 0 Å². The summed E-state index contributed by atoms with van der Waals surface area (Å²) in [4.78, 5) is 11.0. The summed E-state index contributed by atoms with van der Waals surface area (Å²) in [6.07, 6.45) is 0.171. The van der Waals surface area contributed by atoms with Gasteiger partial charge in [0.15, 0.2) is 5.16 Å². The Kier molecular flexibility index (Phi) is 4.69. The van der Waals surface area contributed by atoms with Gasteiger partial charge in [-0.3, -0.25) is 4.79 Å². The normalized spacial score (nSPS) is 16.4. The number of carbonyl (C=O) groups is 1. The van der Waals surface area contributed by atoms with Gasteiger partial charge in [-0.2, -0.15) is 0 Å². The van der Waals surface area contributed by atoms with Crippen molar-refractivity contribution in [1.29, 1.82) is 0 Å². The van der Waals surface area contributed by atoms with Gasteiger partial charge in [-0.25, -0.2) is 0 Å². The third-order valence-corrected chi connectivity index (χ3v) is 5.56. The van der Waals surface area contributed by atoms with E-state index in [-0.39, 0.29) is 6.42 Å². The molecule has 0 aromatic heterocycles. The molecule has 84 valence electrons. The molecule has 0 fully saturated rings. The second-order valence-corrected chi connectivity index (χ2v) is 6.03. The zero-order valence-electron chi connectivity index (χ0n) is 8.86. The maximum atomic E-state index is 11.0. The van der Waals surface area contributed by atoms with E-state index >= 15 is 0 Å². The largest absolute Gasteiger partial charge is 0.533 e. The van der Waals surface area contributed by atoms with Crippen molar-refractivity contribution in [2.45, 2.75) is 18.5 Å². The Hall–Kier alpha value is -0.473. The number of carboxylic acids is 1. The first kappa shape index (κ1) is 13.5. The third-order valence-electron chi connectivity index (χ3n) is 2.29. The van der Waals surface area contributed by atoms with Crippen LogP contribution in [-0.2, 0) is 18.1 Å². The Labute approximate surface area is 84.3 Å². The highest BCUT2D eigenvalue weighted by Crippen LogP contribution is 2.24. The summed E-state index contributed by atoms with van der Waals surface area (Å²) in [5.41, 5.74) is 5.74. The van der Waals surface area contributed by atoms with Crippen molar-refractivity contribution >= 4 is 14.8 Å². The smallest absolute Gasteiger partial charge is 0.480 e. The van der Waals surface area contributed by atoms with Crippen LogP contribution in [0.1, 0.15) is 13.3 Å². The van der Waals surface area contributed by atoms with Gasteiger partial charge in [-0.1, -0.05) is 6.92 Å². The molecule has 1 atom stereocenters. The molecule has 0 saturated carbocycles. The minimum absolute atomic E-state index is 0.171. The maximum absolute atomic E-state index is 11.0. The van der Waals surface area contributed by atoms with Crippen molar-refractivity contribution in [3.63, 3.8) is 0 Å². The first-order valence-corrected chi connectivity index (χ1v) is 5.84. The molecule has 0 radical (unpaired) electrons. The topological polar surface area (TPSA) is 91.0 Å². The van der Waals surface area contributed by atoms with Gasteiger partial charge in [0.05, 0.1) is 0 Å². The molecule has 14 heavy (non-hydrogen) atoms. The predicted octanol–water partition coefficient (Wildman–Crippen LogP) is -0.404. The van der Waals surface area contributed by atoms with Crippen LogP contribution in [0.2, 0.25) is 0 Å². The molecule has 0 aromatic carbocycles. The van der Waals surface area contributed by atoms with E-state index in [0.717, 1.165) is 0 Å². The number of carboxylic acid groups (broad SMARTS) is 1. The minimum Gasteiger partial charge on any atom is -0.480 e. The van der Waals surface area contributed by atoms with Crippen LogP contribution in [0.3, 0.4) is 0 Å².